The van der Waals surface area contributed by atoms with Gasteiger partial charge in [-0.05, 0) is 44.7 Å². The van der Waals surface area contributed by atoms with Crippen molar-refractivity contribution in [2.45, 2.75) is 63.1 Å². The van der Waals surface area contributed by atoms with Crippen LogP contribution in [0.3, 0.4) is 0 Å². The summed E-state index contributed by atoms with van der Waals surface area (Å²) in [6, 6.07) is 11.5. The number of hydrogen-bond donors (Lipinski definition) is 0. The molecule has 3 nitrogen and oxygen atoms in total. The number of nitrogens with zero attached hydrogens (tertiary/aromatic N) is 3. The number of rotatable bonds is 3. The van der Waals surface area contributed by atoms with Crippen molar-refractivity contribution in [2.75, 3.05) is 39.8 Å². The van der Waals surface area contributed by atoms with E-state index in [0.29, 0.717) is 6.17 Å². The van der Waals surface area contributed by atoms with Crippen molar-refractivity contribution in [3.63, 3.8) is 0 Å². The topological polar surface area (TPSA) is 9.72 Å². The third-order valence-corrected chi connectivity index (χ3v) is 7.06. The molecule has 3 aliphatic rings. The Morgan fingerprint density at radius 2 is 1.54 bits per heavy atom. The van der Waals surface area contributed by atoms with Gasteiger partial charge in [0.05, 0.1) is 6.17 Å². The van der Waals surface area contributed by atoms with Crippen LogP contribution in [0.15, 0.2) is 30.3 Å². The van der Waals surface area contributed by atoms with Crippen LogP contribution in [0.2, 0.25) is 0 Å². The lowest BCUT2D eigenvalue weighted by molar-refractivity contribution is -0.0722. The Morgan fingerprint density at radius 3 is 2.23 bits per heavy atom. The molecule has 0 spiro atoms. The minimum atomic E-state index is 0.250. The van der Waals surface area contributed by atoms with Gasteiger partial charge < -0.3 is 4.90 Å². The maximum atomic E-state index is 2.94. The van der Waals surface area contributed by atoms with Crippen LogP contribution in [0.1, 0.15) is 56.9 Å². The van der Waals surface area contributed by atoms with E-state index in [1.165, 1.54) is 84.1 Å². The molecule has 2 heterocycles. The van der Waals surface area contributed by atoms with Gasteiger partial charge in [-0.2, -0.15) is 0 Å². The SMILES string of the molecule is CN1CCN(C2C[CH]CCN2C2(c3ccccc3)CCCCCC2)CC1. The van der Waals surface area contributed by atoms with Crippen LogP contribution in [0.4, 0.5) is 0 Å². The highest BCUT2D eigenvalue weighted by Crippen LogP contribution is 2.44. The summed E-state index contributed by atoms with van der Waals surface area (Å²) in [5.74, 6) is 0. The number of benzene rings is 1. The van der Waals surface area contributed by atoms with Crippen molar-refractivity contribution in [1.29, 1.82) is 0 Å². The van der Waals surface area contributed by atoms with Gasteiger partial charge in [-0.1, -0.05) is 56.0 Å². The van der Waals surface area contributed by atoms with Crippen LogP contribution in [-0.4, -0.2) is 60.6 Å². The Labute approximate surface area is 160 Å². The third kappa shape index (κ3) is 3.72. The van der Waals surface area contributed by atoms with Gasteiger partial charge in [0.25, 0.3) is 0 Å². The highest BCUT2D eigenvalue weighted by molar-refractivity contribution is 5.26. The molecular formula is C23H36N3. The molecule has 2 aliphatic heterocycles. The molecule has 1 unspecified atom stereocenters. The van der Waals surface area contributed by atoms with Crippen molar-refractivity contribution in [1.82, 2.24) is 14.7 Å². The number of hydrogen-bond acceptors (Lipinski definition) is 3. The molecule has 1 radical (unpaired) electrons. The lowest BCUT2D eigenvalue weighted by Crippen LogP contribution is -2.62. The number of likely N-dealkylation sites (tertiary alicyclic amines) is 1. The first kappa shape index (κ1) is 18.5. The summed E-state index contributed by atoms with van der Waals surface area (Å²) < 4.78 is 0. The van der Waals surface area contributed by atoms with Crippen LogP contribution in [-0.2, 0) is 5.54 Å². The van der Waals surface area contributed by atoms with Crippen LogP contribution < -0.4 is 0 Å². The number of piperazine rings is 1. The molecule has 2 saturated heterocycles. The van der Waals surface area contributed by atoms with E-state index in [1.807, 2.05) is 0 Å². The van der Waals surface area contributed by atoms with Crippen molar-refractivity contribution in [2.24, 2.45) is 0 Å². The Hall–Kier alpha value is -0.900. The Morgan fingerprint density at radius 1 is 0.846 bits per heavy atom. The fourth-order valence-electron chi connectivity index (χ4n) is 5.54. The van der Waals surface area contributed by atoms with E-state index in [0.717, 1.165) is 0 Å². The quantitative estimate of drug-likeness (QED) is 0.756. The molecule has 1 aliphatic carbocycles. The maximum absolute atomic E-state index is 2.94. The molecule has 0 amide bonds. The fourth-order valence-corrected chi connectivity index (χ4v) is 5.54. The highest BCUT2D eigenvalue weighted by Gasteiger charge is 2.44. The summed E-state index contributed by atoms with van der Waals surface area (Å²) in [5, 5.41) is 0. The smallest absolute Gasteiger partial charge is 0.0633 e. The van der Waals surface area contributed by atoms with Crippen molar-refractivity contribution < 1.29 is 0 Å². The molecule has 4 rings (SSSR count). The minimum Gasteiger partial charge on any atom is -0.304 e. The van der Waals surface area contributed by atoms with Crippen molar-refractivity contribution >= 4 is 0 Å². The molecule has 3 heteroatoms. The number of likely N-dealkylation sites (N-methyl/N-ethyl adjacent to an activating group) is 1. The van der Waals surface area contributed by atoms with Gasteiger partial charge in [-0.15, -0.1) is 0 Å². The molecule has 3 fully saturated rings. The lowest BCUT2D eigenvalue weighted by atomic mass is 9.79. The Balaban J connectivity index is 1.66. The van der Waals surface area contributed by atoms with E-state index in [1.54, 1.807) is 5.56 Å². The highest BCUT2D eigenvalue weighted by atomic mass is 15.4. The largest absolute Gasteiger partial charge is 0.304 e. The summed E-state index contributed by atoms with van der Waals surface area (Å²) in [5.41, 5.74) is 1.82. The molecule has 1 aromatic carbocycles. The van der Waals surface area contributed by atoms with Crippen molar-refractivity contribution in [3.05, 3.63) is 42.3 Å². The molecule has 143 valence electrons. The van der Waals surface area contributed by atoms with E-state index in [2.05, 4.69) is 58.5 Å². The summed E-state index contributed by atoms with van der Waals surface area (Å²) in [6.45, 7) is 6.09. The zero-order valence-electron chi connectivity index (χ0n) is 16.6. The average Bonchev–Trinajstić information content (AvgIpc) is 2.96. The standard InChI is InChI=1S/C23H36N3/c1-24-17-19-25(20-18-24)22-13-7-10-16-26(22)23(14-8-2-3-9-15-23)21-11-5-4-6-12-21/h4-7,11-12,22H,2-3,8-10,13-20H2,1H3. The van der Waals surface area contributed by atoms with E-state index >= 15 is 0 Å². The molecule has 0 N–H and O–H groups in total. The van der Waals surface area contributed by atoms with Crippen molar-refractivity contribution in [3.8, 4) is 0 Å². The first-order valence-corrected chi connectivity index (χ1v) is 10.9. The van der Waals surface area contributed by atoms with Gasteiger partial charge in [0.2, 0.25) is 0 Å². The third-order valence-electron chi connectivity index (χ3n) is 7.06. The minimum absolute atomic E-state index is 0.250. The summed E-state index contributed by atoms with van der Waals surface area (Å²) in [4.78, 5) is 8.20. The Kier molecular flexibility index (Phi) is 5.97. The maximum Gasteiger partial charge on any atom is 0.0633 e. The van der Waals surface area contributed by atoms with Gasteiger partial charge in [-0.25, -0.2) is 0 Å². The van der Waals surface area contributed by atoms with E-state index in [4.69, 9.17) is 0 Å². The Bertz CT molecular complexity index is 542. The average molecular weight is 355 g/mol. The first-order chi connectivity index (χ1) is 12.8. The predicted molar refractivity (Wildman–Crippen MR) is 109 cm³/mol. The second kappa shape index (κ2) is 8.41. The van der Waals surface area contributed by atoms with Crippen LogP contribution in [0.5, 0.6) is 0 Å². The van der Waals surface area contributed by atoms with Crippen LogP contribution >= 0.6 is 0 Å². The van der Waals surface area contributed by atoms with E-state index in [9.17, 15) is 0 Å². The molecule has 0 aromatic heterocycles. The van der Waals surface area contributed by atoms with Gasteiger partial charge in [0.1, 0.15) is 0 Å². The summed E-state index contributed by atoms with van der Waals surface area (Å²) >= 11 is 0. The normalized spacial score (nSPS) is 29.3. The zero-order chi connectivity index (χ0) is 17.8. The summed E-state index contributed by atoms with van der Waals surface area (Å²) in [7, 11) is 2.26. The predicted octanol–water partition coefficient (Wildman–Crippen LogP) is 4.11. The second-order valence-corrected chi connectivity index (χ2v) is 8.64. The van der Waals surface area contributed by atoms with Crippen LogP contribution in [0.25, 0.3) is 0 Å². The molecule has 1 atom stereocenters. The molecule has 0 bridgehead atoms. The van der Waals surface area contributed by atoms with Gasteiger partial charge in [-0.3, -0.25) is 9.80 Å². The molecule has 26 heavy (non-hydrogen) atoms. The van der Waals surface area contributed by atoms with Gasteiger partial charge >= 0.3 is 0 Å². The molecule has 1 saturated carbocycles. The van der Waals surface area contributed by atoms with E-state index in [-0.39, 0.29) is 5.54 Å². The zero-order valence-corrected chi connectivity index (χ0v) is 16.6. The summed E-state index contributed by atoms with van der Waals surface area (Å²) in [6.07, 6.45) is 13.9. The van der Waals surface area contributed by atoms with Crippen LogP contribution in [0, 0.1) is 6.42 Å². The number of piperidine rings is 1. The monoisotopic (exact) mass is 354 g/mol. The lowest BCUT2D eigenvalue weighted by Gasteiger charge is -2.54. The fraction of sp³-hybridized carbons (Fsp3) is 0.696. The molecular weight excluding hydrogens is 318 g/mol. The first-order valence-electron chi connectivity index (χ1n) is 10.9. The van der Waals surface area contributed by atoms with Gasteiger partial charge in [0.15, 0.2) is 0 Å². The second-order valence-electron chi connectivity index (χ2n) is 8.64. The van der Waals surface area contributed by atoms with Gasteiger partial charge in [0, 0.05) is 38.3 Å². The molecule has 1 aromatic rings. The van der Waals surface area contributed by atoms with E-state index < -0.39 is 0 Å².